The third-order valence-electron chi connectivity index (χ3n) is 4.61. The van der Waals surface area contributed by atoms with Crippen LogP contribution < -0.4 is 0 Å². The summed E-state index contributed by atoms with van der Waals surface area (Å²) in [7, 11) is 0. The SMILES string of the molecule is Fc1ccc2[nH]c3c(c2c1)CCCC3=NCCc1ccc(Cl)cc1. The highest BCUT2D eigenvalue weighted by Crippen LogP contribution is 2.30. The number of H-pyrrole nitrogens is 1. The molecule has 0 saturated heterocycles. The lowest BCUT2D eigenvalue weighted by Crippen LogP contribution is -2.12. The fourth-order valence-electron chi connectivity index (χ4n) is 3.41. The Morgan fingerprint density at radius 3 is 2.75 bits per heavy atom. The first-order valence-corrected chi connectivity index (χ1v) is 8.67. The second-order valence-corrected chi connectivity index (χ2v) is 6.66. The largest absolute Gasteiger partial charge is 0.353 e. The Hall–Kier alpha value is -2.13. The van der Waals surface area contributed by atoms with E-state index < -0.39 is 0 Å². The van der Waals surface area contributed by atoms with Gasteiger partial charge >= 0.3 is 0 Å². The minimum atomic E-state index is -0.184. The smallest absolute Gasteiger partial charge is 0.123 e. The number of aliphatic imine (C=N–C) groups is 1. The monoisotopic (exact) mass is 340 g/mol. The molecule has 1 aliphatic carbocycles. The van der Waals surface area contributed by atoms with Crippen LogP contribution in [0.2, 0.25) is 5.02 Å². The van der Waals surface area contributed by atoms with Gasteiger partial charge in [-0.2, -0.15) is 0 Å². The van der Waals surface area contributed by atoms with Gasteiger partial charge in [-0.25, -0.2) is 4.39 Å². The number of halogens is 2. The highest BCUT2D eigenvalue weighted by atomic mass is 35.5. The van der Waals surface area contributed by atoms with E-state index in [1.807, 2.05) is 30.3 Å². The van der Waals surface area contributed by atoms with Crippen LogP contribution in [-0.4, -0.2) is 17.2 Å². The van der Waals surface area contributed by atoms with Crippen LogP contribution in [0.15, 0.2) is 47.5 Å². The van der Waals surface area contributed by atoms with Gasteiger partial charge in [0.25, 0.3) is 0 Å². The first-order valence-electron chi connectivity index (χ1n) is 8.29. The Labute approximate surface area is 145 Å². The van der Waals surface area contributed by atoms with Gasteiger partial charge in [0, 0.05) is 22.5 Å². The Balaban J connectivity index is 1.59. The van der Waals surface area contributed by atoms with Gasteiger partial charge in [-0.3, -0.25) is 4.99 Å². The molecule has 1 aromatic heterocycles. The van der Waals surface area contributed by atoms with Gasteiger partial charge in [-0.15, -0.1) is 0 Å². The average molecular weight is 341 g/mol. The van der Waals surface area contributed by atoms with Gasteiger partial charge < -0.3 is 4.98 Å². The number of fused-ring (bicyclic) bond motifs is 3. The molecular weight excluding hydrogens is 323 g/mol. The van der Waals surface area contributed by atoms with Crippen molar-refractivity contribution in [2.45, 2.75) is 25.7 Å². The molecule has 2 nitrogen and oxygen atoms in total. The van der Waals surface area contributed by atoms with Crippen LogP contribution >= 0.6 is 11.6 Å². The number of nitrogens with one attached hydrogen (secondary N) is 1. The van der Waals surface area contributed by atoms with Crippen LogP contribution in [0, 0.1) is 5.82 Å². The molecule has 0 aliphatic heterocycles. The Kier molecular flexibility index (Phi) is 4.11. The van der Waals surface area contributed by atoms with E-state index in [-0.39, 0.29) is 5.82 Å². The predicted molar refractivity (Wildman–Crippen MR) is 97.8 cm³/mol. The van der Waals surface area contributed by atoms with Gasteiger partial charge in [0.1, 0.15) is 5.82 Å². The highest BCUT2D eigenvalue weighted by Gasteiger charge is 2.20. The maximum atomic E-state index is 13.5. The van der Waals surface area contributed by atoms with E-state index in [2.05, 4.69) is 4.98 Å². The number of hydrogen-bond donors (Lipinski definition) is 1. The summed E-state index contributed by atoms with van der Waals surface area (Å²) in [5.74, 6) is -0.184. The number of aromatic nitrogens is 1. The van der Waals surface area contributed by atoms with Crippen molar-refractivity contribution in [1.29, 1.82) is 0 Å². The number of rotatable bonds is 3. The first kappa shape index (κ1) is 15.4. The quantitative estimate of drug-likeness (QED) is 0.667. The molecule has 122 valence electrons. The average Bonchev–Trinajstić information content (AvgIpc) is 2.95. The molecule has 0 saturated carbocycles. The van der Waals surface area contributed by atoms with E-state index >= 15 is 0 Å². The Morgan fingerprint density at radius 1 is 1.08 bits per heavy atom. The maximum Gasteiger partial charge on any atom is 0.123 e. The molecule has 1 aliphatic rings. The lowest BCUT2D eigenvalue weighted by atomic mass is 9.94. The fraction of sp³-hybridized carbons (Fsp3) is 0.250. The molecule has 4 heteroatoms. The number of aromatic amines is 1. The summed E-state index contributed by atoms with van der Waals surface area (Å²) in [5, 5.41) is 1.75. The van der Waals surface area contributed by atoms with Crippen LogP contribution in [0.3, 0.4) is 0 Å². The van der Waals surface area contributed by atoms with E-state index in [9.17, 15) is 4.39 Å². The summed E-state index contributed by atoms with van der Waals surface area (Å²) >= 11 is 5.92. The number of nitrogens with zero attached hydrogens (tertiary/aromatic N) is 1. The molecule has 3 aromatic rings. The van der Waals surface area contributed by atoms with Gasteiger partial charge in [-0.05, 0) is 67.1 Å². The van der Waals surface area contributed by atoms with Crippen molar-refractivity contribution in [3.8, 4) is 0 Å². The van der Waals surface area contributed by atoms with Gasteiger partial charge in [0.2, 0.25) is 0 Å². The standard InChI is InChI=1S/C20H18ClFN2/c21-14-6-4-13(5-7-14)10-11-23-19-3-1-2-16-17-12-15(22)8-9-18(17)24-20(16)19/h4-9,12,24H,1-3,10-11H2. The molecule has 0 spiro atoms. The Morgan fingerprint density at radius 2 is 1.92 bits per heavy atom. The summed E-state index contributed by atoms with van der Waals surface area (Å²) in [4.78, 5) is 8.25. The number of aryl methyl sites for hydroxylation is 1. The fourth-order valence-corrected chi connectivity index (χ4v) is 3.54. The topological polar surface area (TPSA) is 28.1 Å². The minimum absolute atomic E-state index is 0.184. The van der Waals surface area contributed by atoms with Crippen molar-refractivity contribution in [1.82, 2.24) is 4.98 Å². The third kappa shape index (κ3) is 2.96. The summed E-state index contributed by atoms with van der Waals surface area (Å²) in [6.07, 6.45) is 3.92. The molecule has 24 heavy (non-hydrogen) atoms. The molecule has 0 unspecified atom stereocenters. The van der Waals surface area contributed by atoms with Crippen molar-refractivity contribution >= 4 is 28.2 Å². The summed E-state index contributed by atoms with van der Waals surface area (Å²) in [6.45, 7) is 0.750. The van der Waals surface area contributed by atoms with E-state index in [1.54, 1.807) is 6.07 Å². The lowest BCUT2D eigenvalue weighted by Gasteiger charge is -2.14. The minimum Gasteiger partial charge on any atom is -0.353 e. The van der Waals surface area contributed by atoms with Gasteiger partial charge in [0.05, 0.1) is 11.4 Å². The molecule has 1 heterocycles. The van der Waals surface area contributed by atoms with E-state index in [0.717, 1.165) is 59.6 Å². The molecular formula is C20H18ClFN2. The molecule has 0 bridgehead atoms. The lowest BCUT2D eigenvalue weighted by molar-refractivity contribution is 0.629. The number of benzene rings is 2. The van der Waals surface area contributed by atoms with E-state index in [1.165, 1.54) is 17.2 Å². The van der Waals surface area contributed by atoms with Crippen LogP contribution in [0.1, 0.15) is 29.7 Å². The predicted octanol–water partition coefficient (Wildman–Crippen LogP) is 5.33. The maximum absolute atomic E-state index is 13.5. The zero-order valence-electron chi connectivity index (χ0n) is 13.3. The van der Waals surface area contributed by atoms with Crippen molar-refractivity contribution < 1.29 is 4.39 Å². The molecule has 0 radical (unpaired) electrons. The first-order chi connectivity index (χ1) is 11.7. The highest BCUT2D eigenvalue weighted by molar-refractivity contribution is 6.30. The number of hydrogen-bond acceptors (Lipinski definition) is 1. The molecule has 4 rings (SSSR count). The molecule has 2 aromatic carbocycles. The molecule has 0 amide bonds. The van der Waals surface area contributed by atoms with Crippen molar-refractivity contribution in [2.24, 2.45) is 4.99 Å². The zero-order valence-corrected chi connectivity index (χ0v) is 14.0. The Bertz CT molecular complexity index is 909. The van der Waals surface area contributed by atoms with Crippen LogP contribution in [0.5, 0.6) is 0 Å². The second-order valence-electron chi connectivity index (χ2n) is 6.23. The summed E-state index contributed by atoms with van der Waals surface area (Å²) < 4.78 is 13.5. The normalized spacial score (nSPS) is 15.8. The van der Waals surface area contributed by atoms with E-state index in [0.29, 0.717) is 0 Å². The van der Waals surface area contributed by atoms with Gasteiger partial charge in [-0.1, -0.05) is 23.7 Å². The van der Waals surface area contributed by atoms with Crippen molar-refractivity contribution in [3.05, 3.63) is 70.1 Å². The van der Waals surface area contributed by atoms with Crippen LogP contribution in [0.4, 0.5) is 4.39 Å². The van der Waals surface area contributed by atoms with Crippen LogP contribution in [-0.2, 0) is 12.8 Å². The van der Waals surface area contributed by atoms with E-state index in [4.69, 9.17) is 16.6 Å². The van der Waals surface area contributed by atoms with Crippen LogP contribution in [0.25, 0.3) is 10.9 Å². The summed E-state index contributed by atoms with van der Waals surface area (Å²) in [6, 6.07) is 12.8. The summed E-state index contributed by atoms with van der Waals surface area (Å²) in [5.41, 5.74) is 5.65. The molecule has 0 atom stereocenters. The van der Waals surface area contributed by atoms with Gasteiger partial charge in [0.15, 0.2) is 0 Å². The van der Waals surface area contributed by atoms with Crippen molar-refractivity contribution in [2.75, 3.05) is 6.54 Å². The third-order valence-corrected chi connectivity index (χ3v) is 4.87. The second kappa shape index (κ2) is 6.40. The molecule has 1 N–H and O–H groups in total. The molecule has 0 fully saturated rings. The van der Waals surface area contributed by atoms with Crippen molar-refractivity contribution in [3.63, 3.8) is 0 Å². The zero-order chi connectivity index (χ0) is 16.5.